The number of H-pyrrole nitrogens is 1. The standard InChI is InChI=1S/C20H25N3O3/c1-25-16-6-7-20(26-2)8-11-23(17(20)13-16)19(24)15-5-3-4-14(12-15)18-21-9-10-22-18/h3-5,9-10,12,16-17H,6-8,11,13H2,1-2H3,(H,21,22)/t16-,17-,20+/m0/s1. The lowest BCUT2D eigenvalue weighted by molar-refractivity contribution is -0.0893. The van der Waals surface area contributed by atoms with Crippen LogP contribution < -0.4 is 0 Å². The highest BCUT2D eigenvalue weighted by atomic mass is 16.5. The van der Waals surface area contributed by atoms with Crippen molar-refractivity contribution in [2.24, 2.45) is 0 Å². The summed E-state index contributed by atoms with van der Waals surface area (Å²) >= 11 is 0. The zero-order valence-corrected chi connectivity index (χ0v) is 15.3. The van der Waals surface area contributed by atoms with Gasteiger partial charge in [-0.1, -0.05) is 12.1 Å². The Morgan fingerprint density at radius 3 is 2.96 bits per heavy atom. The van der Waals surface area contributed by atoms with Crippen molar-refractivity contribution in [2.75, 3.05) is 20.8 Å². The monoisotopic (exact) mass is 355 g/mol. The van der Waals surface area contributed by atoms with Crippen molar-refractivity contribution in [3.8, 4) is 11.4 Å². The van der Waals surface area contributed by atoms with Crippen molar-refractivity contribution in [3.05, 3.63) is 42.2 Å². The average Bonchev–Trinajstić information content (AvgIpc) is 3.35. The van der Waals surface area contributed by atoms with E-state index in [1.54, 1.807) is 26.6 Å². The van der Waals surface area contributed by atoms with Crippen LogP contribution in [0.2, 0.25) is 0 Å². The van der Waals surface area contributed by atoms with E-state index in [9.17, 15) is 4.79 Å². The Morgan fingerprint density at radius 1 is 1.35 bits per heavy atom. The predicted molar refractivity (Wildman–Crippen MR) is 97.9 cm³/mol. The molecule has 6 heteroatoms. The molecule has 1 saturated heterocycles. The molecular formula is C20H25N3O3. The first-order chi connectivity index (χ1) is 12.7. The van der Waals surface area contributed by atoms with Gasteiger partial charge in [0.25, 0.3) is 5.91 Å². The first-order valence-electron chi connectivity index (χ1n) is 9.15. The maximum Gasteiger partial charge on any atom is 0.254 e. The third-order valence-corrected chi connectivity index (χ3v) is 6.02. The summed E-state index contributed by atoms with van der Waals surface area (Å²) in [6.07, 6.45) is 7.31. The van der Waals surface area contributed by atoms with Gasteiger partial charge >= 0.3 is 0 Å². The molecule has 0 bridgehead atoms. The molecule has 138 valence electrons. The number of amides is 1. The maximum atomic E-state index is 13.3. The smallest absolute Gasteiger partial charge is 0.254 e. The average molecular weight is 355 g/mol. The molecule has 0 spiro atoms. The normalized spacial score (nSPS) is 28.2. The highest BCUT2D eigenvalue weighted by Gasteiger charge is 2.52. The number of benzene rings is 1. The van der Waals surface area contributed by atoms with E-state index in [2.05, 4.69) is 9.97 Å². The summed E-state index contributed by atoms with van der Waals surface area (Å²) in [5, 5.41) is 0. The van der Waals surface area contributed by atoms with Gasteiger partial charge in [0.1, 0.15) is 5.82 Å². The van der Waals surface area contributed by atoms with Gasteiger partial charge in [-0.3, -0.25) is 4.79 Å². The molecule has 1 aromatic heterocycles. The van der Waals surface area contributed by atoms with Gasteiger partial charge in [-0.25, -0.2) is 4.98 Å². The van der Waals surface area contributed by atoms with Crippen molar-refractivity contribution in [3.63, 3.8) is 0 Å². The van der Waals surface area contributed by atoms with Gasteiger partial charge in [0, 0.05) is 44.3 Å². The van der Waals surface area contributed by atoms with Gasteiger partial charge in [-0.05, 0) is 37.8 Å². The van der Waals surface area contributed by atoms with Crippen LogP contribution >= 0.6 is 0 Å². The lowest BCUT2D eigenvalue weighted by Crippen LogP contribution is -2.53. The molecule has 1 amide bonds. The first-order valence-corrected chi connectivity index (χ1v) is 9.15. The summed E-state index contributed by atoms with van der Waals surface area (Å²) < 4.78 is 11.5. The molecule has 2 fully saturated rings. The zero-order chi connectivity index (χ0) is 18.1. The molecule has 26 heavy (non-hydrogen) atoms. The van der Waals surface area contributed by atoms with Crippen molar-refractivity contribution in [2.45, 2.75) is 43.4 Å². The topological polar surface area (TPSA) is 67.5 Å². The molecule has 1 aromatic carbocycles. The lowest BCUT2D eigenvalue weighted by atomic mass is 9.79. The van der Waals surface area contributed by atoms with E-state index in [1.807, 2.05) is 29.2 Å². The maximum absolute atomic E-state index is 13.3. The van der Waals surface area contributed by atoms with Crippen LogP contribution in [-0.4, -0.2) is 59.3 Å². The second kappa shape index (κ2) is 6.85. The number of likely N-dealkylation sites (tertiary alicyclic amines) is 1. The first kappa shape index (κ1) is 17.2. The predicted octanol–water partition coefficient (Wildman–Crippen LogP) is 2.88. The third kappa shape index (κ3) is 2.83. The molecule has 0 radical (unpaired) electrons. The number of carbonyl (C=O) groups excluding carboxylic acids is 1. The number of hydrogen-bond donors (Lipinski definition) is 1. The van der Waals surface area contributed by atoms with Gasteiger partial charge < -0.3 is 19.4 Å². The molecule has 0 unspecified atom stereocenters. The highest BCUT2D eigenvalue weighted by molar-refractivity contribution is 5.95. The number of nitrogens with zero attached hydrogens (tertiary/aromatic N) is 2. The van der Waals surface area contributed by atoms with E-state index in [-0.39, 0.29) is 23.7 Å². The van der Waals surface area contributed by atoms with Crippen LogP contribution in [0.4, 0.5) is 0 Å². The van der Waals surface area contributed by atoms with E-state index in [1.165, 1.54) is 0 Å². The highest BCUT2D eigenvalue weighted by Crippen LogP contribution is 2.43. The van der Waals surface area contributed by atoms with Crippen LogP contribution in [0.1, 0.15) is 36.0 Å². The molecule has 2 aliphatic rings. The fourth-order valence-corrected chi connectivity index (χ4v) is 4.51. The summed E-state index contributed by atoms with van der Waals surface area (Å²) in [6.45, 7) is 0.721. The minimum Gasteiger partial charge on any atom is -0.381 e. The quantitative estimate of drug-likeness (QED) is 0.916. The van der Waals surface area contributed by atoms with Crippen LogP contribution in [0.3, 0.4) is 0 Å². The number of imidazole rings is 1. The van der Waals surface area contributed by atoms with E-state index < -0.39 is 0 Å². The Balaban J connectivity index is 1.61. The van der Waals surface area contributed by atoms with Gasteiger partial charge in [0.15, 0.2) is 0 Å². The number of nitrogens with one attached hydrogen (secondary N) is 1. The van der Waals surface area contributed by atoms with Gasteiger partial charge in [0.2, 0.25) is 0 Å². The summed E-state index contributed by atoms with van der Waals surface area (Å²) in [6, 6.07) is 7.71. The molecule has 3 atom stereocenters. The minimum atomic E-state index is -0.233. The van der Waals surface area contributed by atoms with E-state index in [4.69, 9.17) is 9.47 Å². The van der Waals surface area contributed by atoms with Crippen molar-refractivity contribution in [1.29, 1.82) is 0 Å². The van der Waals surface area contributed by atoms with Crippen LogP contribution in [0.15, 0.2) is 36.7 Å². The summed E-state index contributed by atoms with van der Waals surface area (Å²) in [4.78, 5) is 22.6. The molecule has 2 heterocycles. The Labute approximate surface area is 153 Å². The fraction of sp³-hybridized carbons (Fsp3) is 0.500. The number of aromatic amines is 1. The van der Waals surface area contributed by atoms with E-state index in [0.29, 0.717) is 5.56 Å². The molecule has 1 saturated carbocycles. The SMILES string of the molecule is CO[C@H]1CC[C@@]2(OC)CCN(C(=O)c3cccc(-c4ncc[nH]4)c3)[C@H]2C1. The Kier molecular flexibility index (Phi) is 4.54. The number of aromatic nitrogens is 2. The Hall–Kier alpha value is -2.18. The van der Waals surface area contributed by atoms with Crippen LogP contribution in [0, 0.1) is 0 Å². The number of carbonyl (C=O) groups is 1. The molecule has 1 aliphatic carbocycles. The van der Waals surface area contributed by atoms with Gasteiger partial charge in [-0.2, -0.15) is 0 Å². The number of hydrogen-bond acceptors (Lipinski definition) is 4. The van der Waals surface area contributed by atoms with E-state index >= 15 is 0 Å². The van der Waals surface area contributed by atoms with Crippen molar-refractivity contribution in [1.82, 2.24) is 14.9 Å². The van der Waals surface area contributed by atoms with Gasteiger partial charge in [0.05, 0.1) is 17.7 Å². The third-order valence-electron chi connectivity index (χ3n) is 6.02. The molecule has 2 aromatic rings. The number of rotatable bonds is 4. The molecule has 6 nitrogen and oxygen atoms in total. The molecule has 1 aliphatic heterocycles. The largest absolute Gasteiger partial charge is 0.381 e. The van der Waals surface area contributed by atoms with E-state index in [0.717, 1.165) is 43.6 Å². The Bertz CT molecular complexity index is 776. The second-order valence-electron chi connectivity index (χ2n) is 7.18. The number of methoxy groups -OCH3 is 2. The number of ether oxygens (including phenoxy) is 2. The second-order valence-corrected chi connectivity index (χ2v) is 7.18. The summed E-state index contributed by atoms with van der Waals surface area (Å²) in [5.74, 6) is 0.823. The zero-order valence-electron chi connectivity index (χ0n) is 15.3. The minimum absolute atomic E-state index is 0.0547. The van der Waals surface area contributed by atoms with Crippen molar-refractivity contribution >= 4 is 5.91 Å². The number of fused-ring (bicyclic) bond motifs is 1. The summed E-state index contributed by atoms with van der Waals surface area (Å²) in [5.41, 5.74) is 1.37. The Morgan fingerprint density at radius 2 is 2.23 bits per heavy atom. The van der Waals surface area contributed by atoms with Crippen LogP contribution in [0.5, 0.6) is 0 Å². The van der Waals surface area contributed by atoms with Crippen LogP contribution in [-0.2, 0) is 9.47 Å². The summed E-state index contributed by atoms with van der Waals surface area (Å²) in [7, 11) is 3.52. The molecular weight excluding hydrogens is 330 g/mol. The van der Waals surface area contributed by atoms with Crippen molar-refractivity contribution < 1.29 is 14.3 Å². The fourth-order valence-electron chi connectivity index (χ4n) is 4.51. The van der Waals surface area contributed by atoms with Crippen LogP contribution in [0.25, 0.3) is 11.4 Å². The molecule has 4 rings (SSSR count). The molecule has 1 N–H and O–H groups in total. The lowest BCUT2D eigenvalue weighted by Gasteiger charge is -2.43. The van der Waals surface area contributed by atoms with Gasteiger partial charge in [-0.15, -0.1) is 0 Å².